The average Bonchev–Trinajstić information content (AvgIpc) is 3.62. The number of fused-ring (bicyclic) bond motifs is 6. The fourth-order valence-electron chi connectivity index (χ4n) is 7.13. The molecule has 0 saturated carbocycles. The molecule has 2 aromatic rings. The van der Waals surface area contributed by atoms with E-state index in [1.54, 1.807) is 30.5 Å². The Hall–Kier alpha value is -3.22. The number of carbonyl (C=O) groups excluding carboxylic acids is 2. The monoisotopic (exact) mass is 550 g/mol. The van der Waals surface area contributed by atoms with Gasteiger partial charge in [0.05, 0.1) is 52.3 Å². The Kier molecular flexibility index (Phi) is 6.31. The highest BCUT2D eigenvalue weighted by Crippen LogP contribution is 2.62. The third-order valence-electron chi connectivity index (χ3n) is 8.92. The quantitative estimate of drug-likeness (QED) is 0.362. The van der Waals surface area contributed by atoms with Crippen molar-refractivity contribution < 1.29 is 23.9 Å². The van der Waals surface area contributed by atoms with E-state index in [1.807, 2.05) is 20.8 Å². The van der Waals surface area contributed by atoms with Crippen LogP contribution in [-0.4, -0.2) is 52.0 Å². The van der Waals surface area contributed by atoms with Gasteiger partial charge in [-0.25, -0.2) is 4.90 Å². The van der Waals surface area contributed by atoms with E-state index in [9.17, 15) is 14.9 Å². The molecule has 5 heterocycles. The van der Waals surface area contributed by atoms with Gasteiger partial charge in [0.1, 0.15) is 12.2 Å². The third-order valence-corrected chi connectivity index (χ3v) is 9.10. The van der Waals surface area contributed by atoms with Crippen LogP contribution in [0.5, 0.6) is 0 Å². The molecule has 1 aromatic heterocycles. The van der Waals surface area contributed by atoms with Crippen molar-refractivity contribution in [3.8, 4) is 6.07 Å². The van der Waals surface area contributed by atoms with E-state index in [0.717, 1.165) is 6.42 Å². The van der Waals surface area contributed by atoms with Gasteiger partial charge in [0.2, 0.25) is 17.7 Å². The summed E-state index contributed by atoms with van der Waals surface area (Å²) in [6, 6.07) is 8.95. The smallest absolute Gasteiger partial charge is 0.240 e. The summed E-state index contributed by atoms with van der Waals surface area (Å²) in [5.41, 5.74) is -0.221. The number of halogens is 1. The summed E-state index contributed by atoms with van der Waals surface area (Å²) in [4.78, 5) is 39.2. The second kappa shape index (κ2) is 9.46. The maximum Gasteiger partial charge on any atom is 0.240 e. The first-order chi connectivity index (χ1) is 18.7. The van der Waals surface area contributed by atoms with E-state index in [4.69, 9.17) is 25.9 Å². The van der Waals surface area contributed by atoms with Gasteiger partial charge in [-0.15, -0.1) is 11.6 Å². The number of anilines is 1. The molecule has 2 bridgehead atoms. The van der Waals surface area contributed by atoms with E-state index in [1.165, 1.54) is 4.90 Å². The van der Waals surface area contributed by atoms with Crippen LogP contribution < -0.4 is 4.90 Å². The number of alkyl halides is 1. The number of rotatable bonds is 7. The van der Waals surface area contributed by atoms with E-state index >= 15 is 0 Å². The summed E-state index contributed by atoms with van der Waals surface area (Å²) in [5, 5.41) is 14.3. The second-order valence-corrected chi connectivity index (χ2v) is 12.0. The van der Waals surface area contributed by atoms with Crippen LogP contribution in [-0.2, 0) is 23.9 Å². The highest BCUT2D eigenvalue weighted by atomic mass is 35.5. The van der Waals surface area contributed by atoms with Gasteiger partial charge in [-0.3, -0.25) is 14.6 Å². The first-order valence-electron chi connectivity index (χ1n) is 13.6. The summed E-state index contributed by atoms with van der Waals surface area (Å²) >= 11 is 6.28. The number of amides is 2. The molecule has 4 aliphatic rings. The first kappa shape index (κ1) is 26.0. The molecule has 1 aromatic carbocycles. The average molecular weight is 551 g/mol. The van der Waals surface area contributed by atoms with Crippen LogP contribution >= 0.6 is 11.6 Å². The number of pyridine rings is 1. The number of hydrogen-bond acceptors (Lipinski definition) is 8. The molecule has 10 heteroatoms. The lowest BCUT2D eigenvalue weighted by molar-refractivity contribution is -0.131. The largest absolute Gasteiger partial charge is 0.478 e. The summed E-state index contributed by atoms with van der Waals surface area (Å²) in [5.74, 6) is -1.21. The molecule has 6 rings (SSSR count). The van der Waals surface area contributed by atoms with Crippen molar-refractivity contribution in [2.45, 2.75) is 75.6 Å². The molecule has 3 fully saturated rings. The minimum absolute atomic E-state index is 0.0189. The van der Waals surface area contributed by atoms with E-state index in [-0.39, 0.29) is 35.8 Å². The number of nitrogens with zero attached hydrogens (tertiary/aromatic N) is 4. The Morgan fingerprint density at radius 3 is 2.79 bits per heavy atom. The van der Waals surface area contributed by atoms with Crippen molar-refractivity contribution >= 4 is 45.9 Å². The zero-order valence-electron chi connectivity index (χ0n) is 22.2. The van der Waals surface area contributed by atoms with Crippen LogP contribution in [0.15, 0.2) is 35.6 Å². The number of benzene rings is 1. The minimum atomic E-state index is -0.805. The van der Waals surface area contributed by atoms with Gasteiger partial charge in [-0.05, 0) is 63.8 Å². The zero-order chi connectivity index (χ0) is 27.5. The fourth-order valence-corrected chi connectivity index (χ4v) is 7.33. The van der Waals surface area contributed by atoms with Crippen molar-refractivity contribution in [3.63, 3.8) is 0 Å². The number of imide groups is 1. The predicted molar refractivity (Wildman–Crippen MR) is 144 cm³/mol. The third kappa shape index (κ3) is 3.91. The summed E-state index contributed by atoms with van der Waals surface area (Å²) in [7, 11) is 0. The first-order valence-corrected chi connectivity index (χ1v) is 14.0. The van der Waals surface area contributed by atoms with Crippen LogP contribution in [0.3, 0.4) is 0 Å². The highest BCUT2D eigenvalue weighted by Gasteiger charge is 2.74. The predicted octanol–water partition coefficient (Wildman–Crippen LogP) is 4.70. The number of oxime groups is 1. The molecule has 0 spiro atoms. The van der Waals surface area contributed by atoms with E-state index in [0.29, 0.717) is 53.7 Å². The molecule has 0 radical (unpaired) electrons. The Balaban J connectivity index is 1.26. The molecule has 0 N–H and O–H groups in total. The summed E-state index contributed by atoms with van der Waals surface area (Å²) in [6.07, 6.45) is 4.82. The second-order valence-electron chi connectivity index (χ2n) is 11.3. The molecule has 2 amide bonds. The number of hydrogen-bond donors (Lipinski definition) is 0. The molecule has 0 aliphatic carbocycles. The Bertz CT molecular complexity index is 1420. The van der Waals surface area contributed by atoms with Crippen molar-refractivity contribution in [1.82, 2.24) is 4.98 Å². The number of aromatic nitrogens is 1. The lowest BCUT2D eigenvalue weighted by atomic mass is 9.67. The molecule has 4 aliphatic heterocycles. The summed E-state index contributed by atoms with van der Waals surface area (Å²) in [6.45, 7) is 6.21. The van der Waals surface area contributed by atoms with Crippen LogP contribution in [0.2, 0.25) is 0 Å². The lowest BCUT2D eigenvalue weighted by Gasteiger charge is -2.31. The molecule has 2 unspecified atom stereocenters. The van der Waals surface area contributed by atoms with E-state index in [2.05, 4.69) is 16.2 Å². The van der Waals surface area contributed by atoms with Gasteiger partial charge in [0.25, 0.3) is 0 Å². The van der Waals surface area contributed by atoms with Crippen LogP contribution in [0.4, 0.5) is 5.69 Å². The summed E-state index contributed by atoms with van der Waals surface area (Å²) < 4.78 is 12.7. The molecule has 7 atom stereocenters. The number of carbonyl (C=O) groups is 2. The van der Waals surface area contributed by atoms with Crippen molar-refractivity contribution in [2.24, 2.45) is 22.9 Å². The normalized spacial score (nSPS) is 33.7. The fraction of sp³-hybridized carbons (Fsp3) is 0.552. The Labute approximate surface area is 232 Å². The van der Waals surface area contributed by atoms with Crippen LogP contribution in [0.1, 0.15) is 58.4 Å². The number of ether oxygens (including phenoxy) is 2. The highest BCUT2D eigenvalue weighted by molar-refractivity contribution is 6.26. The van der Waals surface area contributed by atoms with Crippen molar-refractivity contribution in [1.29, 1.82) is 5.26 Å². The SMILES string of the molecule is CCC1ON=C(OCC[C@@]23CC[C@@](C)(O2)[C@H]2C(=O)N(c4ccc(C#N)c5ncccc45)C(=O)[C@H]23)[C@@H]1CC(C)Cl. The van der Waals surface area contributed by atoms with Gasteiger partial charge >= 0.3 is 0 Å². The molecule has 39 heavy (non-hydrogen) atoms. The molecule has 9 nitrogen and oxygen atoms in total. The molecule has 3 saturated heterocycles. The van der Waals surface area contributed by atoms with Gasteiger partial charge in [-0.2, -0.15) is 5.26 Å². The van der Waals surface area contributed by atoms with Crippen molar-refractivity contribution in [2.75, 3.05) is 11.5 Å². The van der Waals surface area contributed by atoms with Gasteiger partial charge < -0.3 is 14.3 Å². The van der Waals surface area contributed by atoms with E-state index < -0.39 is 23.0 Å². The lowest BCUT2D eigenvalue weighted by Crippen LogP contribution is -2.43. The molecular formula is C29H31ClN4O5. The van der Waals surface area contributed by atoms with Gasteiger partial charge in [0, 0.05) is 23.4 Å². The molecular weight excluding hydrogens is 520 g/mol. The van der Waals surface area contributed by atoms with Gasteiger partial charge in [-0.1, -0.05) is 12.1 Å². The Morgan fingerprint density at radius 1 is 1.26 bits per heavy atom. The van der Waals surface area contributed by atoms with Gasteiger partial charge in [0.15, 0.2) is 0 Å². The molecule has 204 valence electrons. The number of nitriles is 1. The topological polar surface area (TPSA) is 114 Å². The van der Waals surface area contributed by atoms with Crippen molar-refractivity contribution in [3.05, 3.63) is 36.0 Å². The maximum atomic E-state index is 14.0. The standard InChI is InChI=1S/C29H31ClN4O5/c1-4-21-19(14-16(2)30)25(33-38-21)37-13-11-29-10-9-28(3,39-29)22-23(29)27(36)34(26(22)35)20-8-7-17(15-31)24-18(20)6-5-12-32-24/h5-8,12,16,19,21-23H,4,9-11,13-14H2,1-3H3/t16?,19-,21?,22-,23+,28-,29-/m1/s1. The maximum absolute atomic E-state index is 14.0. The minimum Gasteiger partial charge on any atom is -0.478 e. The van der Waals surface area contributed by atoms with Crippen LogP contribution in [0.25, 0.3) is 10.9 Å². The zero-order valence-corrected chi connectivity index (χ0v) is 23.0. The Morgan fingerprint density at radius 2 is 2.05 bits per heavy atom. The van der Waals surface area contributed by atoms with Crippen LogP contribution in [0, 0.1) is 29.1 Å².